The average Bonchev–Trinajstić information content (AvgIpc) is 3.06. The Labute approximate surface area is 173 Å². The van der Waals surface area contributed by atoms with Crippen LogP contribution in [0.4, 0.5) is 0 Å². The lowest BCUT2D eigenvalue weighted by molar-refractivity contribution is 0.103. The highest BCUT2D eigenvalue weighted by molar-refractivity contribution is 6.24. The minimum atomic E-state index is 0.0390. The Balaban J connectivity index is 1.56. The molecule has 1 atom stereocenters. The van der Waals surface area contributed by atoms with E-state index in [-0.39, 0.29) is 5.78 Å². The minimum Gasteiger partial charge on any atom is -0.493 e. The van der Waals surface area contributed by atoms with E-state index < -0.39 is 0 Å². The maximum atomic E-state index is 13.2. The van der Waals surface area contributed by atoms with Gasteiger partial charge in [0.05, 0.1) is 12.2 Å². The highest BCUT2D eigenvalue weighted by Gasteiger charge is 2.32. The second kappa shape index (κ2) is 9.00. The molecule has 4 nitrogen and oxygen atoms in total. The third-order valence-corrected chi connectivity index (χ3v) is 6.04. The number of hydrogen-bond donors (Lipinski definition) is 0. The lowest BCUT2D eigenvalue weighted by atomic mass is 10.0. The molecular formula is C25H31NO3. The molecule has 2 aliphatic rings. The van der Waals surface area contributed by atoms with Crippen molar-refractivity contribution in [3.05, 3.63) is 47.5 Å². The number of carbonyl (C=O) groups is 1. The van der Waals surface area contributed by atoms with Gasteiger partial charge in [-0.2, -0.15) is 0 Å². The molecule has 0 radical (unpaired) electrons. The van der Waals surface area contributed by atoms with E-state index in [0.29, 0.717) is 36.1 Å². The first-order valence-corrected chi connectivity index (χ1v) is 11.0. The molecule has 1 heterocycles. The number of likely N-dealkylation sites (tertiary alicyclic amines) is 1. The average molecular weight is 394 g/mol. The molecule has 1 saturated heterocycles. The van der Waals surface area contributed by atoms with Crippen LogP contribution in [-0.2, 0) is 0 Å². The topological polar surface area (TPSA) is 38.8 Å². The summed E-state index contributed by atoms with van der Waals surface area (Å²) in [6.45, 7) is 7.90. The van der Waals surface area contributed by atoms with Crippen LogP contribution in [-0.4, -0.2) is 43.0 Å². The van der Waals surface area contributed by atoms with Gasteiger partial charge in [0.1, 0.15) is 18.1 Å². The van der Waals surface area contributed by atoms with E-state index in [1.54, 1.807) is 0 Å². The normalized spacial score (nSPS) is 17.0. The lowest BCUT2D eigenvalue weighted by Gasteiger charge is -2.32. The first kappa shape index (κ1) is 20.0. The summed E-state index contributed by atoms with van der Waals surface area (Å²) in [7, 11) is 0. The Morgan fingerprint density at radius 2 is 1.62 bits per heavy atom. The number of piperidine rings is 1. The van der Waals surface area contributed by atoms with Gasteiger partial charge in [0.25, 0.3) is 0 Å². The molecule has 1 aliphatic heterocycles. The lowest BCUT2D eigenvalue weighted by Crippen LogP contribution is -2.40. The van der Waals surface area contributed by atoms with Crippen LogP contribution in [0.1, 0.15) is 61.9 Å². The Hall–Kier alpha value is -2.33. The number of ketones is 1. The summed E-state index contributed by atoms with van der Waals surface area (Å²) >= 11 is 0. The van der Waals surface area contributed by atoms with Gasteiger partial charge < -0.3 is 9.47 Å². The number of fused-ring (bicyclic) bond motifs is 3. The van der Waals surface area contributed by atoms with Crippen LogP contribution in [0, 0.1) is 0 Å². The van der Waals surface area contributed by atoms with Gasteiger partial charge in [0.2, 0.25) is 0 Å². The monoisotopic (exact) mass is 393 g/mol. The molecule has 2 aromatic carbocycles. The van der Waals surface area contributed by atoms with E-state index in [0.717, 1.165) is 42.8 Å². The number of ether oxygens (including phenoxy) is 2. The number of benzene rings is 2. The zero-order chi connectivity index (χ0) is 20.2. The zero-order valence-corrected chi connectivity index (χ0v) is 17.6. The molecule has 0 bridgehead atoms. The predicted molar refractivity (Wildman–Crippen MR) is 116 cm³/mol. The molecule has 154 valence electrons. The van der Waals surface area contributed by atoms with Gasteiger partial charge >= 0.3 is 0 Å². The molecule has 4 rings (SSSR count). The molecule has 1 fully saturated rings. The first-order chi connectivity index (χ1) is 14.2. The smallest absolute Gasteiger partial charge is 0.198 e. The number of carbonyl (C=O) groups excluding carboxylic acids is 1. The summed E-state index contributed by atoms with van der Waals surface area (Å²) < 4.78 is 12.2. The third kappa shape index (κ3) is 4.04. The number of rotatable bonds is 8. The summed E-state index contributed by atoms with van der Waals surface area (Å²) in [5, 5.41) is 0. The van der Waals surface area contributed by atoms with E-state index >= 15 is 0 Å². The molecule has 0 saturated carbocycles. The largest absolute Gasteiger partial charge is 0.493 e. The number of hydrogen-bond acceptors (Lipinski definition) is 4. The van der Waals surface area contributed by atoms with Crippen molar-refractivity contribution in [2.24, 2.45) is 0 Å². The maximum absolute atomic E-state index is 13.2. The van der Waals surface area contributed by atoms with Gasteiger partial charge in [-0.05, 0) is 51.4 Å². The number of unbranched alkanes of at least 4 members (excludes halogenated alkanes) is 1. The zero-order valence-electron chi connectivity index (χ0n) is 17.6. The van der Waals surface area contributed by atoms with Crippen LogP contribution in [0.15, 0.2) is 36.4 Å². The van der Waals surface area contributed by atoms with E-state index in [9.17, 15) is 4.79 Å². The molecule has 1 unspecified atom stereocenters. The Morgan fingerprint density at radius 3 is 2.34 bits per heavy atom. The van der Waals surface area contributed by atoms with Crippen molar-refractivity contribution in [2.75, 3.05) is 26.3 Å². The van der Waals surface area contributed by atoms with E-state index in [1.165, 1.54) is 19.3 Å². The molecule has 0 amide bonds. The molecule has 0 aromatic heterocycles. The highest BCUT2D eigenvalue weighted by Crippen LogP contribution is 2.45. The van der Waals surface area contributed by atoms with Crippen molar-refractivity contribution < 1.29 is 14.3 Å². The fourth-order valence-corrected chi connectivity index (χ4v) is 4.35. The van der Waals surface area contributed by atoms with Crippen LogP contribution in [0.25, 0.3) is 11.1 Å². The maximum Gasteiger partial charge on any atom is 0.198 e. The Bertz CT molecular complexity index is 870. The second-order valence-corrected chi connectivity index (χ2v) is 8.15. The fourth-order valence-electron chi connectivity index (χ4n) is 4.35. The van der Waals surface area contributed by atoms with E-state index in [4.69, 9.17) is 9.47 Å². The van der Waals surface area contributed by atoms with E-state index in [2.05, 4.69) is 18.7 Å². The molecule has 1 aliphatic carbocycles. The quantitative estimate of drug-likeness (QED) is 0.485. The number of nitrogens with zero attached hydrogens (tertiary/aromatic N) is 1. The molecule has 29 heavy (non-hydrogen) atoms. The standard InChI is InChI=1S/C25H31NO3/c1-3-4-16-28-21-12-9-11-20-23(21)19-10-8-13-22(24(19)25(20)27)29-17-18(2)26-14-6-5-7-15-26/h8-13,18H,3-7,14-17H2,1-2H3. The van der Waals surface area contributed by atoms with Crippen LogP contribution in [0.2, 0.25) is 0 Å². The van der Waals surface area contributed by atoms with Crippen LogP contribution < -0.4 is 9.47 Å². The first-order valence-electron chi connectivity index (χ1n) is 11.0. The summed E-state index contributed by atoms with van der Waals surface area (Å²) in [5.74, 6) is 1.52. The predicted octanol–water partition coefficient (Wildman–Crippen LogP) is 5.33. The van der Waals surface area contributed by atoms with Crippen molar-refractivity contribution in [3.8, 4) is 22.6 Å². The van der Waals surface area contributed by atoms with Crippen LogP contribution in [0.5, 0.6) is 11.5 Å². The van der Waals surface area contributed by atoms with Gasteiger partial charge in [-0.3, -0.25) is 9.69 Å². The van der Waals surface area contributed by atoms with Crippen LogP contribution >= 0.6 is 0 Å². The van der Waals surface area contributed by atoms with Gasteiger partial charge in [-0.25, -0.2) is 0 Å². The van der Waals surface area contributed by atoms with Crippen molar-refractivity contribution in [2.45, 2.75) is 52.0 Å². The van der Waals surface area contributed by atoms with Gasteiger partial charge in [0, 0.05) is 22.7 Å². The second-order valence-electron chi connectivity index (χ2n) is 8.15. The van der Waals surface area contributed by atoms with Crippen molar-refractivity contribution >= 4 is 5.78 Å². The highest BCUT2D eigenvalue weighted by atomic mass is 16.5. The Morgan fingerprint density at radius 1 is 0.931 bits per heavy atom. The van der Waals surface area contributed by atoms with Gasteiger partial charge in [-0.1, -0.05) is 44.0 Å². The van der Waals surface area contributed by atoms with Crippen molar-refractivity contribution in [1.29, 1.82) is 0 Å². The van der Waals surface area contributed by atoms with Gasteiger partial charge in [-0.15, -0.1) is 0 Å². The fraction of sp³-hybridized carbons (Fsp3) is 0.480. The summed E-state index contributed by atoms with van der Waals surface area (Å²) in [5.41, 5.74) is 3.24. The summed E-state index contributed by atoms with van der Waals surface area (Å²) in [6.07, 6.45) is 5.94. The van der Waals surface area contributed by atoms with E-state index in [1.807, 2.05) is 36.4 Å². The summed E-state index contributed by atoms with van der Waals surface area (Å²) in [6, 6.07) is 12.0. The molecule has 4 heteroatoms. The van der Waals surface area contributed by atoms with Crippen LogP contribution in [0.3, 0.4) is 0 Å². The molecular weight excluding hydrogens is 362 g/mol. The Kier molecular flexibility index (Phi) is 6.19. The summed E-state index contributed by atoms with van der Waals surface area (Å²) in [4.78, 5) is 15.7. The van der Waals surface area contributed by atoms with Crippen molar-refractivity contribution in [1.82, 2.24) is 4.90 Å². The minimum absolute atomic E-state index is 0.0390. The molecule has 0 spiro atoms. The SMILES string of the molecule is CCCCOc1cccc2c1-c1cccc(OCC(C)N3CCCCC3)c1C2=O. The third-order valence-electron chi connectivity index (χ3n) is 6.04. The molecule has 2 aromatic rings. The van der Waals surface area contributed by atoms with Gasteiger partial charge in [0.15, 0.2) is 5.78 Å². The molecule has 0 N–H and O–H groups in total. The van der Waals surface area contributed by atoms with Crippen molar-refractivity contribution in [3.63, 3.8) is 0 Å².